The second kappa shape index (κ2) is 3.92. The van der Waals surface area contributed by atoms with E-state index in [1.54, 1.807) is 11.8 Å². The quantitative estimate of drug-likeness (QED) is 0.497. The first kappa shape index (κ1) is 10.0. The number of rotatable bonds is 3. The Balaban J connectivity index is 1.97. The van der Waals surface area contributed by atoms with Gasteiger partial charge in [-0.25, -0.2) is 0 Å². The molecule has 4 atom stereocenters. The molecule has 2 aliphatic rings. The Morgan fingerprint density at radius 1 is 1.43 bits per heavy atom. The first-order chi connectivity index (χ1) is 6.72. The Bertz CT molecular complexity index is 238. The molecule has 0 spiro atoms. The van der Waals surface area contributed by atoms with E-state index in [4.69, 9.17) is 9.47 Å². The summed E-state index contributed by atoms with van der Waals surface area (Å²) in [5.74, 6) is 0. The van der Waals surface area contributed by atoms with E-state index in [0.717, 1.165) is 0 Å². The molecule has 4 unspecified atom stereocenters. The number of ether oxygens (including phenoxy) is 2. The van der Waals surface area contributed by atoms with Gasteiger partial charge in [0.2, 0.25) is 0 Å². The van der Waals surface area contributed by atoms with Gasteiger partial charge in [-0.2, -0.15) is 11.8 Å². The lowest BCUT2D eigenvalue weighted by atomic mass is 10.1. The second-order valence-corrected chi connectivity index (χ2v) is 4.31. The van der Waals surface area contributed by atoms with Crippen LogP contribution in [0.25, 0.3) is 0 Å². The summed E-state index contributed by atoms with van der Waals surface area (Å²) in [4.78, 5) is 14.6. The first-order valence-electron chi connectivity index (χ1n) is 4.29. The summed E-state index contributed by atoms with van der Waals surface area (Å²) in [6.07, 6.45) is 1.07. The van der Waals surface area contributed by atoms with Crippen LogP contribution in [0.3, 0.4) is 0 Å². The van der Waals surface area contributed by atoms with Gasteiger partial charge in [-0.3, -0.25) is 0 Å². The molecule has 80 valence electrons. The zero-order chi connectivity index (χ0) is 10.1. The van der Waals surface area contributed by atoms with E-state index in [1.165, 1.54) is 0 Å². The number of hydrogen-bond donors (Lipinski definition) is 0. The lowest BCUT2D eigenvalue weighted by Crippen LogP contribution is -2.33. The summed E-state index contributed by atoms with van der Waals surface area (Å²) in [6, 6.07) is 0. The van der Waals surface area contributed by atoms with Gasteiger partial charge < -0.3 is 14.3 Å². The van der Waals surface area contributed by atoms with Crippen molar-refractivity contribution in [3.05, 3.63) is 10.1 Å². The Morgan fingerprint density at radius 3 is 2.79 bits per heavy atom. The van der Waals surface area contributed by atoms with Crippen molar-refractivity contribution in [2.45, 2.75) is 23.6 Å². The molecular weight excluding hydrogens is 210 g/mol. The van der Waals surface area contributed by atoms with Crippen molar-refractivity contribution in [3.8, 4) is 0 Å². The van der Waals surface area contributed by atoms with E-state index in [-0.39, 0.29) is 24.1 Å². The number of fused-ring (bicyclic) bond motifs is 1. The van der Waals surface area contributed by atoms with E-state index < -0.39 is 11.2 Å². The molecule has 2 aliphatic heterocycles. The summed E-state index contributed by atoms with van der Waals surface area (Å²) < 4.78 is 10.8. The van der Waals surface area contributed by atoms with Crippen molar-refractivity contribution < 1.29 is 19.4 Å². The van der Waals surface area contributed by atoms with Crippen LogP contribution in [0.5, 0.6) is 0 Å². The normalized spacial score (nSPS) is 40.9. The standard InChI is InChI=1S/C7H11NO5S/c1-14-5-3-12-6-4(13-8(9)10)2-11-7(5)6/h4-7H,2-3H2,1H3. The molecule has 2 heterocycles. The predicted octanol–water partition coefficient (Wildman–Crippen LogP) is 0.0925. The zero-order valence-electron chi connectivity index (χ0n) is 7.62. The summed E-state index contributed by atoms with van der Waals surface area (Å²) in [5.41, 5.74) is 0. The molecule has 0 saturated carbocycles. The molecule has 2 rings (SSSR count). The maximum Gasteiger partial charge on any atom is 0.294 e. The van der Waals surface area contributed by atoms with E-state index in [0.29, 0.717) is 6.61 Å². The van der Waals surface area contributed by atoms with Crippen LogP contribution in [0.15, 0.2) is 0 Å². The molecule has 0 aromatic heterocycles. The average molecular weight is 221 g/mol. The van der Waals surface area contributed by atoms with Crippen molar-refractivity contribution in [1.29, 1.82) is 0 Å². The molecule has 7 heteroatoms. The van der Waals surface area contributed by atoms with Gasteiger partial charge in [0.1, 0.15) is 12.2 Å². The fourth-order valence-electron chi connectivity index (χ4n) is 1.83. The number of nitrogens with zero attached hydrogens (tertiary/aromatic N) is 1. The lowest BCUT2D eigenvalue weighted by molar-refractivity contribution is -0.769. The molecule has 0 amide bonds. The Kier molecular flexibility index (Phi) is 2.80. The molecule has 14 heavy (non-hydrogen) atoms. The molecule has 0 aromatic carbocycles. The van der Waals surface area contributed by atoms with Crippen LogP contribution in [0.2, 0.25) is 0 Å². The molecular formula is C7H11NO5S. The third kappa shape index (κ3) is 1.67. The topological polar surface area (TPSA) is 70.8 Å². The fraction of sp³-hybridized carbons (Fsp3) is 1.00. The number of thioether (sulfide) groups is 1. The minimum Gasteiger partial charge on any atom is -0.372 e. The highest BCUT2D eigenvalue weighted by Crippen LogP contribution is 2.33. The van der Waals surface area contributed by atoms with Crippen LogP contribution in [-0.2, 0) is 14.3 Å². The largest absolute Gasteiger partial charge is 0.372 e. The van der Waals surface area contributed by atoms with Crippen molar-refractivity contribution >= 4 is 11.8 Å². The molecule has 0 aliphatic carbocycles. The van der Waals surface area contributed by atoms with Crippen molar-refractivity contribution in [2.24, 2.45) is 0 Å². The van der Waals surface area contributed by atoms with Gasteiger partial charge in [0.25, 0.3) is 5.09 Å². The van der Waals surface area contributed by atoms with Crippen LogP contribution in [0.4, 0.5) is 0 Å². The smallest absolute Gasteiger partial charge is 0.294 e. The van der Waals surface area contributed by atoms with Crippen molar-refractivity contribution in [3.63, 3.8) is 0 Å². The van der Waals surface area contributed by atoms with Gasteiger partial charge in [0.15, 0.2) is 6.10 Å². The van der Waals surface area contributed by atoms with Gasteiger partial charge in [0, 0.05) is 0 Å². The van der Waals surface area contributed by atoms with Gasteiger partial charge >= 0.3 is 0 Å². The van der Waals surface area contributed by atoms with Crippen molar-refractivity contribution in [2.75, 3.05) is 19.5 Å². The fourth-order valence-corrected chi connectivity index (χ4v) is 2.55. The predicted molar refractivity (Wildman–Crippen MR) is 48.7 cm³/mol. The van der Waals surface area contributed by atoms with Gasteiger partial charge in [-0.1, -0.05) is 0 Å². The Labute approximate surface area is 85.0 Å². The maximum atomic E-state index is 10.2. The van der Waals surface area contributed by atoms with Crippen LogP contribution >= 0.6 is 11.8 Å². The van der Waals surface area contributed by atoms with E-state index in [1.807, 2.05) is 6.26 Å². The maximum absolute atomic E-state index is 10.2. The third-order valence-corrected chi connectivity index (χ3v) is 3.50. The van der Waals surface area contributed by atoms with Gasteiger partial charge in [-0.15, -0.1) is 10.1 Å². The summed E-state index contributed by atoms with van der Waals surface area (Å²) in [5, 5.41) is 9.64. The summed E-state index contributed by atoms with van der Waals surface area (Å²) in [6.45, 7) is 0.821. The molecule has 0 bridgehead atoms. The van der Waals surface area contributed by atoms with Crippen molar-refractivity contribution in [1.82, 2.24) is 0 Å². The van der Waals surface area contributed by atoms with E-state index in [9.17, 15) is 10.1 Å². The van der Waals surface area contributed by atoms with Crippen LogP contribution in [0, 0.1) is 10.1 Å². The van der Waals surface area contributed by atoms with Gasteiger partial charge in [-0.05, 0) is 6.26 Å². The van der Waals surface area contributed by atoms with Crippen LogP contribution < -0.4 is 0 Å². The summed E-state index contributed by atoms with van der Waals surface area (Å²) >= 11 is 1.65. The molecule has 0 aromatic rings. The Hall–Kier alpha value is -0.530. The molecule has 0 N–H and O–H groups in total. The average Bonchev–Trinajstić information content (AvgIpc) is 2.67. The highest BCUT2D eigenvalue weighted by Gasteiger charge is 2.49. The lowest BCUT2D eigenvalue weighted by Gasteiger charge is -2.13. The van der Waals surface area contributed by atoms with E-state index >= 15 is 0 Å². The Morgan fingerprint density at radius 2 is 2.14 bits per heavy atom. The first-order valence-corrected chi connectivity index (χ1v) is 5.58. The SMILES string of the molecule is CSC1COC2C(O[N+](=O)[O-])COC12. The van der Waals surface area contributed by atoms with Crippen LogP contribution in [-0.4, -0.2) is 48.1 Å². The zero-order valence-corrected chi connectivity index (χ0v) is 8.44. The monoisotopic (exact) mass is 221 g/mol. The molecule has 6 nitrogen and oxygen atoms in total. The summed E-state index contributed by atoms with van der Waals surface area (Å²) in [7, 11) is 0. The minimum absolute atomic E-state index is 0.0602. The second-order valence-electron chi connectivity index (χ2n) is 3.24. The minimum atomic E-state index is -0.786. The van der Waals surface area contributed by atoms with Gasteiger partial charge in [0.05, 0.1) is 18.5 Å². The highest BCUT2D eigenvalue weighted by atomic mass is 32.2. The van der Waals surface area contributed by atoms with E-state index in [2.05, 4.69) is 4.84 Å². The number of hydrogen-bond acceptors (Lipinski definition) is 6. The molecule has 2 saturated heterocycles. The molecule has 0 radical (unpaired) electrons. The third-order valence-electron chi connectivity index (χ3n) is 2.49. The molecule has 2 fully saturated rings. The highest BCUT2D eigenvalue weighted by molar-refractivity contribution is 7.99. The van der Waals surface area contributed by atoms with Crippen LogP contribution in [0.1, 0.15) is 0 Å².